The first-order valence-electron chi connectivity index (χ1n) is 13.5. The van der Waals surface area contributed by atoms with Crippen LogP contribution in [0.3, 0.4) is 0 Å². The van der Waals surface area contributed by atoms with Gasteiger partial charge >= 0.3 is 12.1 Å². The lowest BCUT2D eigenvalue weighted by Crippen LogP contribution is -2.33. The van der Waals surface area contributed by atoms with Gasteiger partial charge in [0.15, 0.2) is 0 Å². The van der Waals surface area contributed by atoms with Crippen LogP contribution in [0.15, 0.2) is 109 Å². The van der Waals surface area contributed by atoms with Crippen LogP contribution in [0.4, 0.5) is 13.2 Å². The number of benzene rings is 4. The van der Waals surface area contributed by atoms with E-state index in [9.17, 15) is 18.0 Å². The topological polar surface area (TPSA) is 29.5 Å². The third-order valence-corrected chi connectivity index (χ3v) is 7.08. The van der Waals surface area contributed by atoms with Gasteiger partial charge in [-0.05, 0) is 60.2 Å². The molecular formula is C34H34F3NO2. The third-order valence-electron chi connectivity index (χ3n) is 7.08. The molecule has 2 atom stereocenters. The number of carbonyl (C=O) groups is 1. The normalized spacial score (nSPS) is 13.2. The molecule has 4 aromatic rings. The summed E-state index contributed by atoms with van der Waals surface area (Å²) in [6, 6.07) is 33.3. The van der Waals surface area contributed by atoms with E-state index >= 15 is 0 Å². The SMILES string of the molecule is CCOC(=O)CC(c1cccc(Cc2ccc(C(F)(F)F)cc2)c1)N(Cc1ccccc1)[C@H](C)c1ccccc1. The van der Waals surface area contributed by atoms with Crippen LogP contribution in [0.2, 0.25) is 0 Å². The molecule has 0 amide bonds. The Labute approximate surface area is 234 Å². The molecule has 4 aromatic carbocycles. The van der Waals surface area contributed by atoms with E-state index in [1.54, 1.807) is 6.92 Å². The van der Waals surface area contributed by atoms with Crippen molar-refractivity contribution in [3.63, 3.8) is 0 Å². The van der Waals surface area contributed by atoms with Crippen LogP contribution < -0.4 is 0 Å². The van der Waals surface area contributed by atoms with Crippen molar-refractivity contribution in [2.45, 2.75) is 51.5 Å². The first-order valence-corrected chi connectivity index (χ1v) is 13.5. The second-order valence-electron chi connectivity index (χ2n) is 9.89. The summed E-state index contributed by atoms with van der Waals surface area (Å²) in [6.45, 7) is 4.85. The third kappa shape index (κ3) is 7.82. The van der Waals surface area contributed by atoms with Gasteiger partial charge in [-0.25, -0.2) is 0 Å². The number of rotatable bonds is 11. The maximum absolute atomic E-state index is 13.0. The number of alkyl halides is 3. The average molecular weight is 546 g/mol. The van der Waals surface area contributed by atoms with Gasteiger partial charge in [0.25, 0.3) is 0 Å². The number of hydrogen-bond acceptors (Lipinski definition) is 3. The van der Waals surface area contributed by atoms with E-state index in [4.69, 9.17) is 4.74 Å². The zero-order chi connectivity index (χ0) is 28.5. The van der Waals surface area contributed by atoms with E-state index in [0.717, 1.165) is 39.9 Å². The highest BCUT2D eigenvalue weighted by molar-refractivity contribution is 5.70. The smallest absolute Gasteiger partial charge is 0.416 e. The average Bonchev–Trinajstić information content (AvgIpc) is 2.96. The van der Waals surface area contributed by atoms with Gasteiger partial charge in [-0.1, -0.05) is 97.1 Å². The zero-order valence-electron chi connectivity index (χ0n) is 22.8. The highest BCUT2D eigenvalue weighted by Gasteiger charge is 2.30. The van der Waals surface area contributed by atoms with Gasteiger partial charge < -0.3 is 4.74 Å². The minimum atomic E-state index is -4.36. The Morgan fingerprint density at radius 1 is 0.775 bits per heavy atom. The number of nitrogens with zero attached hydrogens (tertiary/aromatic N) is 1. The summed E-state index contributed by atoms with van der Waals surface area (Å²) >= 11 is 0. The number of ether oxygens (including phenoxy) is 1. The van der Waals surface area contributed by atoms with Gasteiger partial charge in [0.1, 0.15) is 0 Å². The Morgan fingerprint density at radius 3 is 2.00 bits per heavy atom. The molecule has 0 saturated carbocycles. The van der Waals surface area contributed by atoms with Crippen LogP contribution in [-0.2, 0) is 28.7 Å². The lowest BCUT2D eigenvalue weighted by Gasteiger charge is -2.37. The molecule has 1 unspecified atom stereocenters. The summed E-state index contributed by atoms with van der Waals surface area (Å²) in [5.74, 6) is -0.279. The molecule has 0 heterocycles. The summed E-state index contributed by atoms with van der Waals surface area (Å²) in [4.78, 5) is 15.2. The predicted octanol–water partition coefficient (Wildman–Crippen LogP) is 8.55. The first kappa shape index (κ1) is 29.1. The highest BCUT2D eigenvalue weighted by atomic mass is 19.4. The fourth-order valence-corrected chi connectivity index (χ4v) is 5.00. The van der Waals surface area contributed by atoms with Gasteiger partial charge in [0.2, 0.25) is 0 Å². The monoisotopic (exact) mass is 545 g/mol. The van der Waals surface area contributed by atoms with Crippen molar-refractivity contribution < 1.29 is 22.7 Å². The Bertz CT molecular complexity index is 1360. The van der Waals surface area contributed by atoms with Gasteiger partial charge in [-0.2, -0.15) is 13.2 Å². The molecule has 0 aliphatic rings. The van der Waals surface area contributed by atoms with E-state index in [1.807, 2.05) is 54.6 Å². The molecule has 0 aromatic heterocycles. The fraction of sp³-hybridized carbons (Fsp3) is 0.265. The van der Waals surface area contributed by atoms with Gasteiger partial charge in [0.05, 0.1) is 18.6 Å². The van der Waals surface area contributed by atoms with Gasteiger partial charge in [0, 0.05) is 18.6 Å². The molecule has 6 heteroatoms. The molecule has 0 radical (unpaired) electrons. The van der Waals surface area contributed by atoms with Crippen molar-refractivity contribution in [1.29, 1.82) is 0 Å². The predicted molar refractivity (Wildman–Crippen MR) is 152 cm³/mol. The van der Waals surface area contributed by atoms with Crippen LogP contribution in [0.25, 0.3) is 0 Å². The summed E-state index contributed by atoms with van der Waals surface area (Å²) in [5, 5.41) is 0. The first-order chi connectivity index (χ1) is 19.2. The molecule has 0 fully saturated rings. The Hall–Kier alpha value is -3.90. The zero-order valence-corrected chi connectivity index (χ0v) is 22.8. The van der Waals surface area contributed by atoms with Crippen molar-refractivity contribution in [3.05, 3.63) is 143 Å². The van der Waals surface area contributed by atoms with Crippen molar-refractivity contribution in [2.24, 2.45) is 0 Å². The molecule has 0 aliphatic heterocycles. The molecule has 0 saturated heterocycles. The van der Waals surface area contributed by atoms with E-state index in [1.165, 1.54) is 12.1 Å². The highest BCUT2D eigenvalue weighted by Crippen LogP contribution is 2.36. The summed E-state index contributed by atoms with van der Waals surface area (Å²) in [5.41, 5.74) is 4.29. The molecular weight excluding hydrogens is 511 g/mol. The Morgan fingerprint density at radius 2 is 1.38 bits per heavy atom. The second-order valence-corrected chi connectivity index (χ2v) is 9.89. The van der Waals surface area contributed by atoms with Crippen molar-refractivity contribution in [2.75, 3.05) is 6.61 Å². The molecule has 0 aliphatic carbocycles. The van der Waals surface area contributed by atoms with E-state index < -0.39 is 11.7 Å². The fourth-order valence-electron chi connectivity index (χ4n) is 5.00. The van der Waals surface area contributed by atoms with E-state index in [0.29, 0.717) is 19.6 Å². The Balaban J connectivity index is 1.70. The molecule has 0 N–H and O–H groups in total. The van der Waals surface area contributed by atoms with Crippen molar-refractivity contribution >= 4 is 5.97 Å². The van der Waals surface area contributed by atoms with Crippen LogP contribution in [0, 0.1) is 0 Å². The molecule has 208 valence electrons. The minimum Gasteiger partial charge on any atom is -0.466 e. The molecule has 0 bridgehead atoms. The summed E-state index contributed by atoms with van der Waals surface area (Å²) < 4.78 is 44.5. The molecule has 40 heavy (non-hydrogen) atoms. The summed E-state index contributed by atoms with van der Waals surface area (Å²) in [7, 11) is 0. The van der Waals surface area contributed by atoms with Gasteiger partial charge in [-0.15, -0.1) is 0 Å². The molecule has 4 rings (SSSR count). The standard InChI is InChI=1S/C34H34F3NO2/c1-3-40-33(39)23-32(38(24-27-11-6-4-7-12-27)25(2)29-14-8-5-9-15-29)30-16-10-13-28(22-30)21-26-17-19-31(20-18-26)34(35,36)37/h4-20,22,25,32H,3,21,23-24H2,1-2H3/t25-,32?/m1/s1. The van der Waals surface area contributed by atoms with Crippen LogP contribution in [0.5, 0.6) is 0 Å². The van der Waals surface area contributed by atoms with Crippen LogP contribution in [0.1, 0.15) is 65.7 Å². The number of carbonyl (C=O) groups excluding carboxylic acids is 1. The lowest BCUT2D eigenvalue weighted by molar-refractivity contribution is -0.145. The maximum Gasteiger partial charge on any atom is 0.416 e. The van der Waals surface area contributed by atoms with E-state index in [2.05, 4.69) is 42.2 Å². The van der Waals surface area contributed by atoms with Gasteiger partial charge in [-0.3, -0.25) is 9.69 Å². The van der Waals surface area contributed by atoms with Crippen molar-refractivity contribution in [1.82, 2.24) is 4.90 Å². The maximum atomic E-state index is 13.0. The minimum absolute atomic E-state index is 0.0144. The quantitative estimate of drug-likeness (QED) is 0.177. The van der Waals surface area contributed by atoms with Crippen molar-refractivity contribution in [3.8, 4) is 0 Å². The largest absolute Gasteiger partial charge is 0.466 e. The molecule has 3 nitrogen and oxygen atoms in total. The number of halogens is 3. The Kier molecular flexibility index (Phi) is 9.78. The number of esters is 1. The molecule has 0 spiro atoms. The lowest BCUT2D eigenvalue weighted by atomic mass is 9.94. The van der Waals surface area contributed by atoms with Crippen LogP contribution >= 0.6 is 0 Å². The number of hydrogen-bond donors (Lipinski definition) is 0. The second kappa shape index (κ2) is 13.4. The van der Waals surface area contributed by atoms with E-state index in [-0.39, 0.29) is 24.5 Å². The summed E-state index contributed by atoms with van der Waals surface area (Å²) in [6.07, 6.45) is -3.72. The van der Waals surface area contributed by atoms with Crippen LogP contribution in [-0.4, -0.2) is 17.5 Å².